The SMILES string of the molecule is CC(=O)OC[C@H]1O[C@@H](n2cnc3c(Cl)nc(Cl)nc32)[C@H](OC(C)=O)[C@@H]1OC(C)=O.O=C[C@H](O)[C@H](O)[C@H](O)CO. The maximum Gasteiger partial charge on any atom is 0.303 e. The summed E-state index contributed by atoms with van der Waals surface area (Å²) in [5, 5.41) is 34.0. The molecule has 1 aliphatic rings. The number of aliphatic hydroxyl groups excluding tert-OH is 4. The molecule has 1 aliphatic heterocycles. The van der Waals surface area contributed by atoms with E-state index in [0.29, 0.717) is 0 Å². The van der Waals surface area contributed by atoms with Gasteiger partial charge in [-0.15, -0.1) is 0 Å². The molecule has 16 nitrogen and oxygen atoms in total. The number of carbonyl (C=O) groups excluding carboxylic acids is 4. The van der Waals surface area contributed by atoms with Crippen molar-refractivity contribution >= 4 is 58.6 Å². The van der Waals surface area contributed by atoms with E-state index in [1.165, 1.54) is 31.7 Å². The first-order valence-electron chi connectivity index (χ1n) is 11.1. The van der Waals surface area contributed by atoms with Crippen LogP contribution in [0, 0.1) is 0 Å². The van der Waals surface area contributed by atoms with Gasteiger partial charge < -0.3 is 44.2 Å². The van der Waals surface area contributed by atoms with Crippen molar-refractivity contribution in [2.24, 2.45) is 0 Å². The van der Waals surface area contributed by atoms with Crippen molar-refractivity contribution < 1.29 is 58.6 Å². The summed E-state index contributed by atoms with van der Waals surface area (Å²) in [6.07, 6.45) is -7.35. The number of carbonyl (C=O) groups is 4. The van der Waals surface area contributed by atoms with E-state index >= 15 is 0 Å². The Morgan fingerprint density at radius 3 is 2.23 bits per heavy atom. The first kappa shape index (κ1) is 32.2. The second-order valence-electron chi connectivity index (χ2n) is 7.99. The smallest absolute Gasteiger partial charge is 0.303 e. The molecule has 0 amide bonds. The van der Waals surface area contributed by atoms with Crippen molar-refractivity contribution in [1.82, 2.24) is 19.5 Å². The van der Waals surface area contributed by atoms with E-state index in [0.717, 1.165) is 0 Å². The van der Waals surface area contributed by atoms with Crippen LogP contribution in [0.15, 0.2) is 6.33 Å². The number of nitrogens with zero attached hydrogens (tertiary/aromatic N) is 4. The number of aromatic nitrogens is 4. The number of ether oxygens (including phenoxy) is 4. The summed E-state index contributed by atoms with van der Waals surface area (Å²) >= 11 is 11.9. The zero-order chi connectivity index (χ0) is 29.4. The fourth-order valence-electron chi connectivity index (χ4n) is 3.38. The van der Waals surface area contributed by atoms with Gasteiger partial charge in [0.15, 0.2) is 35.5 Å². The quantitative estimate of drug-likeness (QED) is 0.0867. The third-order valence-corrected chi connectivity index (χ3v) is 5.47. The maximum absolute atomic E-state index is 11.7. The van der Waals surface area contributed by atoms with Gasteiger partial charge in [-0.05, 0) is 11.6 Å². The molecule has 4 N–H and O–H groups in total. The average Bonchev–Trinajstić information content (AvgIpc) is 3.42. The van der Waals surface area contributed by atoms with Crippen molar-refractivity contribution in [3.63, 3.8) is 0 Å². The molecule has 216 valence electrons. The molecule has 7 atom stereocenters. The van der Waals surface area contributed by atoms with Crippen LogP contribution in [0.3, 0.4) is 0 Å². The number of rotatable bonds is 9. The number of fused-ring (bicyclic) bond motifs is 1. The lowest BCUT2D eigenvalue weighted by Crippen LogP contribution is -2.40. The van der Waals surface area contributed by atoms with Crippen molar-refractivity contribution in [3.05, 3.63) is 16.8 Å². The Hall–Kier alpha value is -2.99. The van der Waals surface area contributed by atoms with Gasteiger partial charge in [-0.2, -0.15) is 4.98 Å². The summed E-state index contributed by atoms with van der Waals surface area (Å²) < 4.78 is 23.0. The Kier molecular flexibility index (Phi) is 11.9. The normalized spacial score (nSPS) is 22.7. The summed E-state index contributed by atoms with van der Waals surface area (Å²) in [7, 11) is 0. The van der Waals surface area contributed by atoms with Gasteiger partial charge in [-0.25, -0.2) is 9.97 Å². The minimum Gasteiger partial charge on any atom is -0.463 e. The molecule has 3 rings (SSSR count). The second kappa shape index (κ2) is 14.4. The molecule has 0 saturated carbocycles. The molecular formula is C21H26Cl2N4O12. The topological polar surface area (TPSA) is 230 Å². The number of aldehydes is 1. The van der Waals surface area contributed by atoms with E-state index in [-0.39, 0.29) is 34.5 Å². The predicted molar refractivity (Wildman–Crippen MR) is 128 cm³/mol. The van der Waals surface area contributed by atoms with Gasteiger partial charge in [0.1, 0.15) is 36.5 Å². The number of hydrogen-bond acceptors (Lipinski definition) is 15. The monoisotopic (exact) mass is 596 g/mol. The first-order valence-corrected chi connectivity index (χ1v) is 11.8. The number of hydrogen-bond donors (Lipinski definition) is 4. The molecule has 0 spiro atoms. The molecule has 3 heterocycles. The average molecular weight is 597 g/mol. The highest BCUT2D eigenvalue weighted by atomic mass is 35.5. The maximum atomic E-state index is 11.7. The molecule has 0 bridgehead atoms. The van der Waals surface area contributed by atoms with Crippen LogP contribution in [0.4, 0.5) is 0 Å². The van der Waals surface area contributed by atoms with Gasteiger partial charge in [-0.1, -0.05) is 11.6 Å². The van der Waals surface area contributed by atoms with Crippen molar-refractivity contribution in [3.8, 4) is 0 Å². The van der Waals surface area contributed by atoms with Crippen LogP contribution < -0.4 is 0 Å². The molecular weight excluding hydrogens is 571 g/mol. The Bertz CT molecular complexity index is 1180. The van der Waals surface area contributed by atoms with Crippen LogP contribution in [0.2, 0.25) is 10.4 Å². The summed E-state index contributed by atoms with van der Waals surface area (Å²) in [5.41, 5.74) is 0.459. The lowest BCUT2D eigenvalue weighted by Gasteiger charge is -2.23. The molecule has 0 unspecified atom stereocenters. The fraction of sp³-hybridized carbons (Fsp3) is 0.571. The number of halogens is 2. The minimum absolute atomic E-state index is 0.0220. The standard InChI is InChI=1S/C16H16Cl2N4O7.C5H10O5/c1-6(23)26-4-9-11(27-7(2)24)12(28-8(3)25)15(29-9)22-5-19-10-13(17)20-16(18)21-14(10)22;6-1-3(8)5(10)4(9)2-7/h5,9,11-12,15H,4H2,1-3H3;1,3-5,7-10H,2H2/t9-,11-,12-,15-;3-,4+,5-/m10/s1. The lowest BCUT2D eigenvalue weighted by molar-refractivity contribution is -0.166. The van der Waals surface area contributed by atoms with Crippen molar-refractivity contribution in [1.29, 1.82) is 0 Å². The van der Waals surface area contributed by atoms with E-state index in [2.05, 4.69) is 15.0 Å². The Morgan fingerprint density at radius 2 is 1.69 bits per heavy atom. The number of imidazole rings is 1. The number of esters is 3. The minimum atomic E-state index is -1.64. The molecule has 0 radical (unpaired) electrons. The molecule has 1 fully saturated rings. The van der Waals surface area contributed by atoms with E-state index in [1.54, 1.807) is 0 Å². The van der Waals surface area contributed by atoms with Crippen LogP contribution in [0.1, 0.15) is 27.0 Å². The van der Waals surface area contributed by atoms with Gasteiger partial charge in [-0.3, -0.25) is 19.0 Å². The zero-order valence-electron chi connectivity index (χ0n) is 20.7. The van der Waals surface area contributed by atoms with E-state index in [9.17, 15) is 19.2 Å². The molecule has 18 heteroatoms. The Morgan fingerprint density at radius 1 is 1.08 bits per heavy atom. The highest BCUT2D eigenvalue weighted by Crippen LogP contribution is 2.36. The lowest BCUT2D eigenvalue weighted by atomic mass is 10.1. The molecule has 1 saturated heterocycles. The predicted octanol–water partition coefficient (Wildman–Crippen LogP) is -1.28. The third-order valence-electron chi connectivity index (χ3n) is 5.04. The Balaban J connectivity index is 0.000000455. The van der Waals surface area contributed by atoms with E-state index in [1.807, 2.05) is 0 Å². The van der Waals surface area contributed by atoms with Crippen LogP contribution >= 0.6 is 23.2 Å². The second-order valence-corrected chi connectivity index (χ2v) is 8.69. The summed E-state index contributed by atoms with van der Waals surface area (Å²) in [5.74, 6) is -1.82. The van der Waals surface area contributed by atoms with Crippen LogP contribution in [0.5, 0.6) is 0 Å². The van der Waals surface area contributed by atoms with Gasteiger partial charge in [0.05, 0.1) is 12.9 Å². The highest BCUT2D eigenvalue weighted by Gasteiger charge is 2.51. The summed E-state index contributed by atoms with van der Waals surface area (Å²) in [6.45, 7) is 2.70. The Labute approximate surface area is 230 Å². The van der Waals surface area contributed by atoms with E-state index < -0.39 is 67.4 Å². The largest absolute Gasteiger partial charge is 0.463 e. The van der Waals surface area contributed by atoms with Gasteiger partial charge in [0.2, 0.25) is 5.28 Å². The van der Waals surface area contributed by atoms with E-state index in [4.69, 9.17) is 62.6 Å². The van der Waals surface area contributed by atoms with Crippen LogP contribution in [-0.4, -0.2) is 114 Å². The molecule has 2 aromatic rings. The van der Waals surface area contributed by atoms with Crippen molar-refractivity contribution in [2.75, 3.05) is 13.2 Å². The summed E-state index contributed by atoms with van der Waals surface area (Å²) in [4.78, 5) is 56.3. The highest BCUT2D eigenvalue weighted by molar-refractivity contribution is 6.35. The van der Waals surface area contributed by atoms with Gasteiger partial charge in [0.25, 0.3) is 0 Å². The van der Waals surface area contributed by atoms with Gasteiger partial charge >= 0.3 is 17.9 Å². The molecule has 0 aliphatic carbocycles. The number of aliphatic hydroxyl groups is 4. The molecule has 39 heavy (non-hydrogen) atoms. The summed E-state index contributed by atoms with van der Waals surface area (Å²) in [6, 6.07) is 0. The first-order chi connectivity index (χ1) is 18.3. The molecule has 2 aromatic heterocycles. The zero-order valence-corrected chi connectivity index (χ0v) is 22.2. The van der Waals surface area contributed by atoms with Crippen LogP contribution in [0.25, 0.3) is 11.2 Å². The fourth-order valence-corrected chi connectivity index (χ4v) is 3.80. The van der Waals surface area contributed by atoms with Gasteiger partial charge in [0, 0.05) is 20.8 Å². The van der Waals surface area contributed by atoms with Crippen LogP contribution in [-0.2, 0) is 38.1 Å². The third kappa shape index (κ3) is 8.50. The van der Waals surface area contributed by atoms with Crippen molar-refractivity contribution in [2.45, 2.75) is 63.6 Å². The molecule has 0 aromatic carbocycles.